The molecule has 3 aromatic rings. The van der Waals surface area contributed by atoms with Crippen molar-refractivity contribution in [2.24, 2.45) is 7.05 Å². The third-order valence-corrected chi connectivity index (χ3v) is 3.03. The lowest BCUT2D eigenvalue weighted by Crippen LogP contribution is -2.11. The molecule has 0 N–H and O–H groups in total. The van der Waals surface area contributed by atoms with E-state index < -0.39 is 4.92 Å². The van der Waals surface area contributed by atoms with Gasteiger partial charge < -0.3 is 9.32 Å². The van der Waals surface area contributed by atoms with E-state index in [1.54, 1.807) is 11.7 Å². The van der Waals surface area contributed by atoms with Crippen molar-refractivity contribution in [3.63, 3.8) is 0 Å². The van der Waals surface area contributed by atoms with Gasteiger partial charge in [-0.25, -0.2) is 14.6 Å². The van der Waals surface area contributed by atoms with Crippen molar-refractivity contribution in [3.05, 3.63) is 28.6 Å². The molecule has 0 spiro atoms. The highest BCUT2D eigenvalue weighted by atomic mass is 16.6. The molecule has 3 heterocycles. The first-order valence-electron chi connectivity index (χ1n) is 6.08. The van der Waals surface area contributed by atoms with Crippen molar-refractivity contribution in [1.29, 1.82) is 0 Å². The summed E-state index contributed by atoms with van der Waals surface area (Å²) in [6, 6.07) is 2.82. The van der Waals surface area contributed by atoms with Gasteiger partial charge in [0.25, 0.3) is 0 Å². The number of nitro groups is 1. The molecule has 0 aromatic carbocycles. The standard InChI is InChI=1S/C12H12N6O3/c1-16(2)11-9-10(7-4-5-8(21-7)18(19)20)15-17(3)12(9)14-6-13-11/h4-6H,1-3H3. The summed E-state index contributed by atoms with van der Waals surface area (Å²) in [5.41, 5.74) is 1.10. The molecule has 3 aromatic heterocycles. The Morgan fingerprint density at radius 2 is 2.10 bits per heavy atom. The first-order valence-corrected chi connectivity index (χ1v) is 6.08. The van der Waals surface area contributed by atoms with Crippen molar-refractivity contribution >= 4 is 22.7 Å². The lowest BCUT2D eigenvalue weighted by molar-refractivity contribution is -0.401. The summed E-state index contributed by atoms with van der Waals surface area (Å²) in [6.45, 7) is 0. The Hall–Kier alpha value is -2.97. The molecular formula is C12H12N6O3. The van der Waals surface area contributed by atoms with Crippen LogP contribution in [0.1, 0.15) is 0 Å². The molecule has 0 aliphatic carbocycles. The number of rotatable bonds is 3. The molecule has 3 rings (SSSR count). The van der Waals surface area contributed by atoms with Gasteiger partial charge >= 0.3 is 5.88 Å². The zero-order valence-electron chi connectivity index (χ0n) is 11.6. The lowest BCUT2D eigenvalue weighted by atomic mass is 10.2. The van der Waals surface area contributed by atoms with Crippen LogP contribution < -0.4 is 4.90 Å². The summed E-state index contributed by atoms with van der Waals surface area (Å²) in [5.74, 6) is 0.652. The van der Waals surface area contributed by atoms with Crippen LogP contribution >= 0.6 is 0 Å². The van der Waals surface area contributed by atoms with Crippen LogP contribution in [0.2, 0.25) is 0 Å². The van der Waals surface area contributed by atoms with Crippen LogP contribution in [-0.2, 0) is 7.05 Å². The Morgan fingerprint density at radius 1 is 1.33 bits per heavy atom. The van der Waals surface area contributed by atoms with Gasteiger partial charge in [-0.2, -0.15) is 5.10 Å². The Kier molecular flexibility index (Phi) is 2.82. The van der Waals surface area contributed by atoms with Crippen molar-refractivity contribution in [2.45, 2.75) is 0 Å². The third-order valence-electron chi connectivity index (χ3n) is 3.03. The predicted molar refractivity (Wildman–Crippen MR) is 75.0 cm³/mol. The minimum Gasteiger partial charge on any atom is -0.399 e. The molecule has 9 heteroatoms. The molecule has 108 valence electrons. The van der Waals surface area contributed by atoms with Gasteiger partial charge in [0.05, 0.1) is 11.5 Å². The summed E-state index contributed by atoms with van der Waals surface area (Å²) >= 11 is 0. The number of fused-ring (bicyclic) bond motifs is 1. The summed E-state index contributed by atoms with van der Waals surface area (Å²) < 4.78 is 6.83. The monoisotopic (exact) mass is 288 g/mol. The minimum absolute atomic E-state index is 0.310. The van der Waals surface area contributed by atoms with E-state index in [0.717, 1.165) is 0 Å². The summed E-state index contributed by atoms with van der Waals surface area (Å²) in [4.78, 5) is 20.4. The topological polar surface area (TPSA) is 103 Å². The van der Waals surface area contributed by atoms with E-state index in [9.17, 15) is 10.1 Å². The van der Waals surface area contributed by atoms with E-state index in [1.807, 2.05) is 19.0 Å². The molecule has 0 aliphatic rings. The van der Waals surface area contributed by atoms with Crippen LogP contribution in [0.25, 0.3) is 22.5 Å². The van der Waals surface area contributed by atoms with Crippen LogP contribution in [0, 0.1) is 10.1 Å². The van der Waals surface area contributed by atoms with Gasteiger partial charge in [-0.05, 0) is 6.07 Å². The Bertz CT molecular complexity index is 835. The molecule has 0 atom stereocenters. The number of hydrogen-bond acceptors (Lipinski definition) is 7. The SMILES string of the molecule is CN(C)c1ncnc2c1c(-c1ccc([N+](=O)[O-])o1)nn2C. The van der Waals surface area contributed by atoms with E-state index in [4.69, 9.17) is 4.42 Å². The second kappa shape index (κ2) is 4.54. The Morgan fingerprint density at radius 3 is 2.71 bits per heavy atom. The van der Waals surface area contributed by atoms with Gasteiger partial charge in [0.15, 0.2) is 11.4 Å². The first-order chi connectivity index (χ1) is 9.99. The molecule has 0 saturated heterocycles. The molecule has 9 nitrogen and oxygen atoms in total. The third kappa shape index (κ3) is 1.98. The highest BCUT2D eigenvalue weighted by molar-refractivity contribution is 5.98. The zero-order chi connectivity index (χ0) is 15.1. The largest absolute Gasteiger partial charge is 0.433 e. The highest BCUT2D eigenvalue weighted by Gasteiger charge is 2.22. The molecule has 21 heavy (non-hydrogen) atoms. The van der Waals surface area contributed by atoms with Gasteiger partial charge in [-0.3, -0.25) is 10.1 Å². The summed E-state index contributed by atoms with van der Waals surface area (Å²) in [6.07, 6.45) is 1.45. The van der Waals surface area contributed by atoms with E-state index in [0.29, 0.717) is 28.3 Å². The molecule has 0 unspecified atom stereocenters. The maximum Gasteiger partial charge on any atom is 0.433 e. The lowest BCUT2D eigenvalue weighted by Gasteiger charge is -2.11. The number of aryl methyl sites for hydroxylation is 1. The Labute approximate surface area is 119 Å². The summed E-state index contributed by atoms with van der Waals surface area (Å²) in [5, 5.41) is 15.8. The van der Waals surface area contributed by atoms with Crippen molar-refractivity contribution in [2.75, 3.05) is 19.0 Å². The summed E-state index contributed by atoms with van der Waals surface area (Å²) in [7, 11) is 5.45. The van der Waals surface area contributed by atoms with Gasteiger partial charge in [-0.1, -0.05) is 0 Å². The van der Waals surface area contributed by atoms with E-state index >= 15 is 0 Å². The first kappa shape index (κ1) is 13.0. The average molecular weight is 288 g/mol. The van der Waals surface area contributed by atoms with E-state index in [2.05, 4.69) is 15.1 Å². The molecule has 0 aliphatic heterocycles. The maximum absolute atomic E-state index is 10.7. The van der Waals surface area contributed by atoms with Crippen LogP contribution in [0.5, 0.6) is 0 Å². The number of nitrogens with zero attached hydrogens (tertiary/aromatic N) is 6. The Balaban J connectivity index is 2.29. The smallest absolute Gasteiger partial charge is 0.399 e. The number of furan rings is 1. The van der Waals surface area contributed by atoms with Crippen LogP contribution in [0.3, 0.4) is 0 Å². The minimum atomic E-state index is -0.585. The fourth-order valence-corrected chi connectivity index (χ4v) is 2.14. The molecule has 0 saturated carbocycles. The fourth-order valence-electron chi connectivity index (χ4n) is 2.14. The number of aromatic nitrogens is 4. The maximum atomic E-state index is 10.7. The van der Waals surface area contributed by atoms with Crippen molar-refractivity contribution in [1.82, 2.24) is 19.7 Å². The van der Waals surface area contributed by atoms with Gasteiger partial charge in [0.1, 0.15) is 22.8 Å². The van der Waals surface area contributed by atoms with Gasteiger partial charge in [-0.15, -0.1) is 0 Å². The van der Waals surface area contributed by atoms with Crippen LogP contribution in [-0.4, -0.2) is 38.8 Å². The van der Waals surface area contributed by atoms with E-state index in [-0.39, 0.29) is 5.88 Å². The number of hydrogen-bond donors (Lipinski definition) is 0. The second-order valence-electron chi connectivity index (χ2n) is 4.66. The normalized spacial score (nSPS) is 11.0. The van der Waals surface area contributed by atoms with Crippen molar-refractivity contribution in [3.8, 4) is 11.5 Å². The quantitative estimate of drug-likeness (QED) is 0.532. The molecule has 0 fully saturated rings. The molecular weight excluding hydrogens is 276 g/mol. The molecule has 0 bridgehead atoms. The second-order valence-corrected chi connectivity index (χ2v) is 4.66. The van der Waals surface area contributed by atoms with Crippen LogP contribution in [0.15, 0.2) is 22.9 Å². The van der Waals surface area contributed by atoms with Gasteiger partial charge in [0, 0.05) is 21.1 Å². The molecule has 0 radical (unpaired) electrons. The molecule has 0 amide bonds. The number of anilines is 1. The predicted octanol–water partition coefficient (Wildman–Crippen LogP) is 1.60. The van der Waals surface area contributed by atoms with E-state index in [1.165, 1.54) is 18.5 Å². The van der Waals surface area contributed by atoms with Gasteiger partial charge in [0.2, 0.25) is 0 Å². The average Bonchev–Trinajstić information content (AvgIpc) is 3.04. The van der Waals surface area contributed by atoms with Crippen molar-refractivity contribution < 1.29 is 9.34 Å². The van der Waals surface area contributed by atoms with Crippen LogP contribution in [0.4, 0.5) is 11.7 Å². The highest BCUT2D eigenvalue weighted by Crippen LogP contribution is 2.34. The zero-order valence-corrected chi connectivity index (χ0v) is 11.6. The fraction of sp³-hybridized carbons (Fsp3) is 0.250.